The highest BCUT2D eigenvalue weighted by molar-refractivity contribution is 8.18. The minimum atomic E-state index is -0.458. The molecule has 0 radical (unpaired) electrons. The van der Waals surface area contributed by atoms with Gasteiger partial charge in [0.2, 0.25) is 0 Å². The molecule has 2 aromatic carbocycles. The smallest absolute Gasteiger partial charge is 0.293 e. The number of anilines is 1. The summed E-state index contributed by atoms with van der Waals surface area (Å²) in [6.45, 7) is 2.17. The molecule has 4 rings (SSSR count). The topological polar surface area (TPSA) is 40.6 Å². The lowest BCUT2D eigenvalue weighted by atomic mass is 10.1. The van der Waals surface area contributed by atoms with Crippen LogP contribution in [0, 0.1) is 5.82 Å². The van der Waals surface area contributed by atoms with Crippen molar-refractivity contribution in [3.05, 3.63) is 69.3 Å². The lowest BCUT2D eigenvalue weighted by Gasteiger charge is -2.28. The van der Waals surface area contributed by atoms with Gasteiger partial charge >= 0.3 is 0 Å². The van der Waals surface area contributed by atoms with Gasteiger partial charge in [-0.3, -0.25) is 14.5 Å². The molecule has 2 aromatic rings. The number of nitrogens with zero attached hydrogens (tertiary/aromatic N) is 2. The Balaban J connectivity index is 1.48. The van der Waals surface area contributed by atoms with E-state index in [1.807, 2.05) is 12.1 Å². The van der Waals surface area contributed by atoms with Crippen LogP contribution in [-0.4, -0.2) is 29.1 Å². The van der Waals surface area contributed by atoms with E-state index in [0.717, 1.165) is 35.3 Å². The molecule has 7 heteroatoms. The summed E-state index contributed by atoms with van der Waals surface area (Å²) < 4.78 is 13.2. The van der Waals surface area contributed by atoms with E-state index in [9.17, 15) is 14.0 Å². The van der Waals surface area contributed by atoms with Gasteiger partial charge in [-0.05, 0) is 72.5 Å². The molecule has 0 aliphatic carbocycles. The van der Waals surface area contributed by atoms with Gasteiger partial charge in [-0.15, -0.1) is 0 Å². The van der Waals surface area contributed by atoms with Crippen LogP contribution in [0.5, 0.6) is 0 Å². The van der Waals surface area contributed by atoms with Gasteiger partial charge < -0.3 is 4.90 Å². The van der Waals surface area contributed by atoms with Crippen LogP contribution >= 0.6 is 23.4 Å². The van der Waals surface area contributed by atoms with Crippen molar-refractivity contribution in [2.24, 2.45) is 0 Å². The summed E-state index contributed by atoms with van der Waals surface area (Å²) in [4.78, 5) is 28.9. The van der Waals surface area contributed by atoms with Crippen LogP contribution in [0.25, 0.3) is 6.08 Å². The van der Waals surface area contributed by atoms with Crippen molar-refractivity contribution in [1.82, 2.24) is 4.90 Å². The monoisotopic (exact) mass is 430 g/mol. The van der Waals surface area contributed by atoms with Crippen molar-refractivity contribution in [2.45, 2.75) is 25.8 Å². The zero-order valence-corrected chi connectivity index (χ0v) is 17.3. The van der Waals surface area contributed by atoms with E-state index in [1.165, 1.54) is 43.1 Å². The van der Waals surface area contributed by atoms with E-state index >= 15 is 0 Å². The molecule has 2 saturated heterocycles. The lowest BCUT2D eigenvalue weighted by molar-refractivity contribution is -0.123. The summed E-state index contributed by atoms with van der Waals surface area (Å²) in [6, 6.07) is 12.0. The second-order valence-electron chi connectivity index (χ2n) is 7.14. The highest BCUT2D eigenvalue weighted by atomic mass is 35.5. The summed E-state index contributed by atoms with van der Waals surface area (Å²) in [5.74, 6) is -0.818. The molecule has 2 fully saturated rings. The Morgan fingerprint density at radius 3 is 2.45 bits per heavy atom. The second-order valence-corrected chi connectivity index (χ2v) is 8.54. The van der Waals surface area contributed by atoms with E-state index < -0.39 is 5.82 Å². The van der Waals surface area contributed by atoms with Gasteiger partial charge in [-0.25, -0.2) is 4.39 Å². The third kappa shape index (κ3) is 4.49. The van der Waals surface area contributed by atoms with Gasteiger partial charge in [0.25, 0.3) is 11.1 Å². The van der Waals surface area contributed by atoms with E-state index in [-0.39, 0.29) is 22.7 Å². The first kappa shape index (κ1) is 20.0. The molecule has 29 heavy (non-hydrogen) atoms. The molecule has 2 amide bonds. The van der Waals surface area contributed by atoms with Crippen molar-refractivity contribution in [1.29, 1.82) is 0 Å². The van der Waals surface area contributed by atoms with E-state index in [4.69, 9.17) is 11.6 Å². The number of rotatable bonds is 4. The van der Waals surface area contributed by atoms with Crippen LogP contribution in [0.4, 0.5) is 14.9 Å². The first-order chi connectivity index (χ1) is 14.0. The molecule has 2 aliphatic rings. The third-order valence-electron chi connectivity index (χ3n) is 5.13. The fourth-order valence-electron chi connectivity index (χ4n) is 3.54. The number of amides is 2. The highest BCUT2D eigenvalue weighted by Crippen LogP contribution is 2.34. The lowest BCUT2D eigenvalue weighted by Crippen LogP contribution is -2.29. The second kappa shape index (κ2) is 8.59. The molecule has 0 aromatic heterocycles. The molecule has 0 spiro atoms. The van der Waals surface area contributed by atoms with Gasteiger partial charge in [0, 0.05) is 23.8 Å². The minimum Gasteiger partial charge on any atom is -0.372 e. The Bertz CT molecular complexity index is 971. The summed E-state index contributed by atoms with van der Waals surface area (Å²) in [6.07, 6.45) is 5.45. The zero-order valence-electron chi connectivity index (χ0n) is 15.7. The van der Waals surface area contributed by atoms with Gasteiger partial charge in [0.05, 0.1) is 11.4 Å². The number of carbonyl (C=O) groups is 2. The SMILES string of the molecule is O=C1S/C(=C\c2ccc(N3CCCCC3)cc2)C(=O)N1Cc1ccc(F)cc1Cl. The Labute approximate surface area is 178 Å². The molecule has 0 saturated carbocycles. The molecule has 4 nitrogen and oxygen atoms in total. The standard InChI is InChI=1S/C22H20ClFN2O2S/c23-19-13-17(24)7-6-16(19)14-26-21(27)20(29-22(26)28)12-15-4-8-18(9-5-15)25-10-2-1-3-11-25/h4-9,12-13H,1-3,10-11,14H2/b20-12-. The van der Waals surface area contributed by atoms with Crippen LogP contribution in [0.15, 0.2) is 47.4 Å². The van der Waals surface area contributed by atoms with E-state index in [2.05, 4.69) is 17.0 Å². The van der Waals surface area contributed by atoms with Crippen molar-refractivity contribution in [2.75, 3.05) is 18.0 Å². The number of piperidine rings is 1. The highest BCUT2D eigenvalue weighted by Gasteiger charge is 2.35. The average molecular weight is 431 g/mol. The fourth-order valence-corrected chi connectivity index (χ4v) is 4.61. The molecular formula is C22H20ClFN2O2S. The summed E-state index contributed by atoms with van der Waals surface area (Å²) in [7, 11) is 0. The number of carbonyl (C=O) groups excluding carboxylic acids is 2. The molecule has 2 heterocycles. The summed E-state index contributed by atoms with van der Waals surface area (Å²) in [5.41, 5.74) is 2.58. The quantitative estimate of drug-likeness (QED) is 0.583. The van der Waals surface area contributed by atoms with E-state index in [1.54, 1.807) is 6.08 Å². The number of benzene rings is 2. The summed E-state index contributed by atoms with van der Waals surface area (Å²) in [5, 5.41) is -0.159. The molecule has 2 aliphatic heterocycles. The minimum absolute atomic E-state index is 0.0228. The van der Waals surface area contributed by atoms with Gasteiger partial charge in [-0.2, -0.15) is 0 Å². The first-order valence-corrected chi connectivity index (χ1v) is 10.7. The van der Waals surface area contributed by atoms with Crippen LogP contribution in [0.3, 0.4) is 0 Å². The predicted octanol–water partition coefficient (Wildman–Crippen LogP) is 5.71. The van der Waals surface area contributed by atoms with Gasteiger partial charge in [-0.1, -0.05) is 29.8 Å². The molecule has 0 unspecified atom stereocenters. The Morgan fingerprint density at radius 1 is 1.03 bits per heavy atom. The normalized spacial score (nSPS) is 18.8. The molecule has 0 atom stereocenters. The Hall–Kier alpha value is -2.31. The number of thioether (sulfide) groups is 1. The number of halogens is 2. The van der Waals surface area contributed by atoms with E-state index in [0.29, 0.717) is 10.5 Å². The first-order valence-electron chi connectivity index (χ1n) is 9.55. The van der Waals surface area contributed by atoms with Crippen LogP contribution < -0.4 is 4.90 Å². The predicted molar refractivity (Wildman–Crippen MR) is 115 cm³/mol. The van der Waals surface area contributed by atoms with Crippen molar-refractivity contribution < 1.29 is 14.0 Å². The van der Waals surface area contributed by atoms with Crippen LogP contribution in [-0.2, 0) is 11.3 Å². The largest absolute Gasteiger partial charge is 0.372 e. The van der Waals surface area contributed by atoms with Crippen LogP contribution in [0.1, 0.15) is 30.4 Å². The third-order valence-corrected chi connectivity index (χ3v) is 6.39. The molecule has 0 bridgehead atoms. The van der Waals surface area contributed by atoms with Crippen LogP contribution in [0.2, 0.25) is 5.02 Å². The summed E-state index contributed by atoms with van der Waals surface area (Å²) >= 11 is 6.94. The van der Waals surface area contributed by atoms with Gasteiger partial charge in [0.1, 0.15) is 5.82 Å². The zero-order chi connectivity index (χ0) is 20.4. The van der Waals surface area contributed by atoms with Crippen molar-refractivity contribution in [3.8, 4) is 0 Å². The van der Waals surface area contributed by atoms with Gasteiger partial charge in [0.15, 0.2) is 0 Å². The number of hydrogen-bond acceptors (Lipinski definition) is 4. The Morgan fingerprint density at radius 2 is 1.76 bits per heavy atom. The number of hydrogen-bond donors (Lipinski definition) is 0. The molecular weight excluding hydrogens is 411 g/mol. The maximum Gasteiger partial charge on any atom is 0.293 e. The average Bonchev–Trinajstić information content (AvgIpc) is 2.98. The maximum atomic E-state index is 13.2. The molecule has 0 N–H and O–H groups in total. The fraction of sp³-hybridized carbons (Fsp3) is 0.273. The molecule has 150 valence electrons. The van der Waals surface area contributed by atoms with Crippen molar-refractivity contribution >= 4 is 46.3 Å². The van der Waals surface area contributed by atoms with Crippen molar-refractivity contribution in [3.63, 3.8) is 0 Å². The number of imide groups is 1. The maximum absolute atomic E-state index is 13.2. The Kier molecular flexibility index (Phi) is 5.92.